The van der Waals surface area contributed by atoms with Gasteiger partial charge in [-0.05, 0) is 43.2 Å². The predicted octanol–water partition coefficient (Wildman–Crippen LogP) is 3.33. The van der Waals surface area contributed by atoms with Gasteiger partial charge in [-0.15, -0.1) is 0 Å². The van der Waals surface area contributed by atoms with Crippen molar-refractivity contribution in [2.24, 2.45) is 0 Å². The molecular formula is C20H22ClN5O2. The van der Waals surface area contributed by atoms with E-state index in [9.17, 15) is 9.59 Å². The normalized spacial score (nSPS) is 10.6. The van der Waals surface area contributed by atoms with Crippen LogP contribution in [-0.2, 0) is 11.3 Å². The van der Waals surface area contributed by atoms with Gasteiger partial charge in [0.05, 0.1) is 23.9 Å². The molecular weight excluding hydrogens is 378 g/mol. The van der Waals surface area contributed by atoms with Crippen LogP contribution in [0.5, 0.6) is 0 Å². The Morgan fingerprint density at radius 1 is 1.11 bits per heavy atom. The molecule has 0 aliphatic rings. The fourth-order valence-electron chi connectivity index (χ4n) is 2.80. The maximum atomic E-state index is 12.0. The number of halogens is 1. The van der Waals surface area contributed by atoms with E-state index in [-0.39, 0.29) is 18.5 Å². The van der Waals surface area contributed by atoms with Crippen molar-refractivity contribution in [1.82, 2.24) is 20.2 Å². The Hall–Kier alpha value is -3.06. The highest BCUT2D eigenvalue weighted by molar-refractivity contribution is 6.31. The SMILES string of the molecule is Cc1c(Cl)cccc1NC(=O)CNC(=O)NCCCn1cnc2ccccc21. The number of fused-ring (bicyclic) bond motifs is 1. The van der Waals surface area contributed by atoms with Crippen molar-refractivity contribution in [3.05, 3.63) is 59.4 Å². The smallest absolute Gasteiger partial charge is 0.315 e. The van der Waals surface area contributed by atoms with Crippen molar-refractivity contribution >= 4 is 40.3 Å². The molecule has 3 aromatic rings. The number of aromatic nitrogens is 2. The molecule has 3 rings (SSSR count). The lowest BCUT2D eigenvalue weighted by molar-refractivity contribution is -0.115. The van der Waals surface area contributed by atoms with E-state index in [4.69, 9.17) is 11.6 Å². The highest BCUT2D eigenvalue weighted by atomic mass is 35.5. The van der Waals surface area contributed by atoms with Crippen molar-refractivity contribution in [3.63, 3.8) is 0 Å². The molecule has 1 aromatic heterocycles. The van der Waals surface area contributed by atoms with Crippen molar-refractivity contribution in [2.45, 2.75) is 19.9 Å². The number of carbonyl (C=O) groups is 2. The number of hydrogen-bond donors (Lipinski definition) is 3. The Labute approximate surface area is 168 Å². The Balaban J connectivity index is 1.36. The molecule has 0 saturated carbocycles. The molecule has 0 aliphatic carbocycles. The van der Waals surface area contributed by atoms with Crippen molar-refractivity contribution in [2.75, 3.05) is 18.4 Å². The van der Waals surface area contributed by atoms with Gasteiger partial charge in [-0.2, -0.15) is 0 Å². The Kier molecular flexibility index (Phi) is 6.49. The maximum absolute atomic E-state index is 12.0. The first kappa shape index (κ1) is 19.7. The van der Waals surface area contributed by atoms with Crippen LogP contribution in [0, 0.1) is 6.92 Å². The first-order valence-corrected chi connectivity index (χ1v) is 9.39. The molecule has 0 bridgehead atoms. The summed E-state index contributed by atoms with van der Waals surface area (Å²) in [6, 6.07) is 12.8. The average Bonchev–Trinajstić information content (AvgIpc) is 3.10. The van der Waals surface area contributed by atoms with Gasteiger partial charge >= 0.3 is 6.03 Å². The minimum absolute atomic E-state index is 0.121. The van der Waals surface area contributed by atoms with Crippen LogP contribution in [-0.4, -0.2) is 34.6 Å². The number of amides is 3. The number of carbonyl (C=O) groups excluding carboxylic acids is 2. The second kappa shape index (κ2) is 9.23. The van der Waals surface area contributed by atoms with E-state index in [2.05, 4.69) is 25.5 Å². The van der Waals surface area contributed by atoms with Crippen LogP contribution in [0.15, 0.2) is 48.8 Å². The summed E-state index contributed by atoms with van der Waals surface area (Å²) in [5.41, 5.74) is 3.44. The van der Waals surface area contributed by atoms with E-state index in [0.717, 1.165) is 29.6 Å². The molecule has 3 amide bonds. The number of rotatable bonds is 7. The van der Waals surface area contributed by atoms with Gasteiger partial charge in [-0.25, -0.2) is 9.78 Å². The highest BCUT2D eigenvalue weighted by Gasteiger charge is 2.08. The summed E-state index contributed by atoms with van der Waals surface area (Å²) in [7, 11) is 0. The number of anilines is 1. The number of aryl methyl sites for hydroxylation is 1. The Bertz CT molecular complexity index is 986. The Morgan fingerprint density at radius 2 is 1.93 bits per heavy atom. The van der Waals surface area contributed by atoms with Crippen LogP contribution >= 0.6 is 11.6 Å². The number of para-hydroxylation sites is 2. The van der Waals surface area contributed by atoms with Crippen molar-refractivity contribution in [1.29, 1.82) is 0 Å². The van der Waals surface area contributed by atoms with Gasteiger partial charge in [0.15, 0.2) is 0 Å². The van der Waals surface area contributed by atoms with Crippen LogP contribution in [0.2, 0.25) is 5.02 Å². The summed E-state index contributed by atoms with van der Waals surface area (Å²) in [5, 5.41) is 8.60. The van der Waals surface area contributed by atoms with E-state index in [1.807, 2.05) is 31.2 Å². The highest BCUT2D eigenvalue weighted by Crippen LogP contribution is 2.22. The standard InChI is InChI=1S/C20H22ClN5O2/c1-14-15(21)6-4-8-16(14)25-19(27)12-23-20(28)22-10-5-11-26-13-24-17-7-2-3-9-18(17)26/h2-4,6-9,13H,5,10-12H2,1H3,(H,25,27)(H2,22,23,28). The molecule has 0 saturated heterocycles. The lowest BCUT2D eigenvalue weighted by Gasteiger charge is -2.11. The van der Waals surface area contributed by atoms with Gasteiger partial charge in [0, 0.05) is 23.8 Å². The summed E-state index contributed by atoms with van der Waals surface area (Å²) < 4.78 is 2.05. The van der Waals surface area contributed by atoms with Gasteiger partial charge in [0.2, 0.25) is 5.91 Å². The third-order valence-electron chi connectivity index (χ3n) is 4.34. The first-order valence-electron chi connectivity index (χ1n) is 9.01. The van der Waals surface area contributed by atoms with Gasteiger partial charge in [-0.3, -0.25) is 4.79 Å². The number of urea groups is 1. The fourth-order valence-corrected chi connectivity index (χ4v) is 2.97. The maximum Gasteiger partial charge on any atom is 0.315 e. The van der Waals surface area contributed by atoms with Crippen LogP contribution < -0.4 is 16.0 Å². The van der Waals surface area contributed by atoms with E-state index >= 15 is 0 Å². The predicted molar refractivity (Wildman–Crippen MR) is 111 cm³/mol. The molecule has 7 nitrogen and oxygen atoms in total. The quantitative estimate of drug-likeness (QED) is 0.532. The molecule has 0 fully saturated rings. The molecule has 146 valence electrons. The number of hydrogen-bond acceptors (Lipinski definition) is 3. The number of benzene rings is 2. The minimum atomic E-state index is -0.381. The minimum Gasteiger partial charge on any atom is -0.338 e. The zero-order chi connectivity index (χ0) is 19.9. The number of nitrogens with one attached hydrogen (secondary N) is 3. The lowest BCUT2D eigenvalue weighted by Crippen LogP contribution is -2.40. The summed E-state index contributed by atoms with van der Waals surface area (Å²) in [6.07, 6.45) is 2.55. The number of nitrogens with zero attached hydrogens (tertiary/aromatic N) is 2. The average molecular weight is 400 g/mol. The van der Waals surface area contributed by atoms with E-state index in [1.165, 1.54) is 0 Å². The van der Waals surface area contributed by atoms with Crippen molar-refractivity contribution < 1.29 is 9.59 Å². The van der Waals surface area contributed by atoms with Crippen LogP contribution in [0.3, 0.4) is 0 Å². The summed E-state index contributed by atoms with van der Waals surface area (Å²) in [5.74, 6) is -0.314. The van der Waals surface area contributed by atoms with Gasteiger partial charge in [-0.1, -0.05) is 29.8 Å². The molecule has 1 heterocycles. The van der Waals surface area contributed by atoms with Gasteiger partial charge in [0.1, 0.15) is 0 Å². The third-order valence-corrected chi connectivity index (χ3v) is 4.75. The molecule has 0 unspecified atom stereocenters. The second-order valence-corrected chi connectivity index (χ2v) is 6.76. The molecule has 0 spiro atoms. The third kappa shape index (κ3) is 5.01. The summed E-state index contributed by atoms with van der Waals surface area (Å²) in [6.45, 7) is 2.94. The lowest BCUT2D eigenvalue weighted by atomic mass is 10.2. The Morgan fingerprint density at radius 3 is 2.79 bits per heavy atom. The van der Waals surface area contributed by atoms with Crippen molar-refractivity contribution in [3.8, 4) is 0 Å². The molecule has 3 N–H and O–H groups in total. The van der Waals surface area contributed by atoms with Gasteiger partial charge in [0.25, 0.3) is 0 Å². The van der Waals surface area contributed by atoms with Crippen LogP contribution in [0.4, 0.5) is 10.5 Å². The zero-order valence-corrected chi connectivity index (χ0v) is 16.3. The van der Waals surface area contributed by atoms with Gasteiger partial charge < -0.3 is 20.5 Å². The van der Waals surface area contributed by atoms with E-state index in [1.54, 1.807) is 24.5 Å². The van der Waals surface area contributed by atoms with Crippen LogP contribution in [0.1, 0.15) is 12.0 Å². The molecule has 8 heteroatoms. The first-order chi connectivity index (χ1) is 13.5. The summed E-state index contributed by atoms with van der Waals surface area (Å²) >= 11 is 6.03. The molecule has 0 radical (unpaired) electrons. The van der Waals surface area contributed by atoms with E-state index in [0.29, 0.717) is 17.3 Å². The summed E-state index contributed by atoms with van der Waals surface area (Å²) in [4.78, 5) is 28.2. The molecule has 0 aliphatic heterocycles. The fraction of sp³-hybridized carbons (Fsp3) is 0.250. The zero-order valence-electron chi connectivity index (χ0n) is 15.5. The second-order valence-electron chi connectivity index (χ2n) is 6.35. The van der Waals surface area contributed by atoms with Crippen LogP contribution in [0.25, 0.3) is 11.0 Å². The number of imidazole rings is 1. The molecule has 2 aromatic carbocycles. The largest absolute Gasteiger partial charge is 0.338 e. The topological polar surface area (TPSA) is 88.0 Å². The van der Waals surface area contributed by atoms with E-state index < -0.39 is 0 Å². The molecule has 0 atom stereocenters. The molecule has 28 heavy (non-hydrogen) atoms. The monoisotopic (exact) mass is 399 g/mol.